The number of alkyl halides is 3. The van der Waals surface area contributed by atoms with Gasteiger partial charge in [0.1, 0.15) is 11.4 Å². The second-order valence-corrected chi connectivity index (χ2v) is 11.2. The minimum atomic E-state index is -5.74. The molecule has 0 radical (unpaired) electrons. The molecule has 1 saturated carbocycles. The molecule has 36 heavy (non-hydrogen) atoms. The summed E-state index contributed by atoms with van der Waals surface area (Å²) in [6.45, 7) is 7.58. The van der Waals surface area contributed by atoms with Crippen molar-refractivity contribution in [3.8, 4) is 17.6 Å². The van der Waals surface area contributed by atoms with Crippen LogP contribution in [0.1, 0.15) is 86.6 Å². The van der Waals surface area contributed by atoms with Crippen LogP contribution < -0.4 is 4.18 Å². The number of halogens is 3. The monoisotopic (exact) mass is 522 g/mol. The van der Waals surface area contributed by atoms with Crippen LogP contribution in [0.2, 0.25) is 0 Å². The number of hydrogen-bond donors (Lipinski definition) is 1. The van der Waals surface area contributed by atoms with Crippen molar-refractivity contribution >= 4 is 10.1 Å². The van der Waals surface area contributed by atoms with Crippen molar-refractivity contribution in [2.45, 2.75) is 89.2 Å². The lowest BCUT2D eigenvalue weighted by Gasteiger charge is -2.34. The van der Waals surface area contributed by atoms with Crippen LogP contribution in [-0.4, -0.2) is 24.6 Å². The first-order valence-electron chi connectivity index (χ1n) is 12.3. The van der Waals surface area contributed by atoms with E-state index in [1.54, 1.807) is 12.1 Å². The van der Waals surface area contributed by atoms with Crippen LogP contribution >= 0.6 is 0 Å². The molecule has 0 aromatic heterocycles. The Morgan fingerprint density at radius 2 is 1.50 bits per heavy atom. The highest BCUT2D eigenvalue weighted by atomic mass is 32.2. The van der Waals surface area contributed by atoms with E-state index in [0.717, 1.165) is 41.5 Å². The van der Waals surface area contributed by atoms with Crippen LogP contribution in [0, 0.1) is 25.7 Å². The van der Waals surface area contributed by atoms with Crippen LogP contribution in [0.25, 0.3) is 0 Å². The molecule has 8 heteroatoms. The summed E-state index contributed by atoms with van der Waals surface area (Å²) in [5, 5.41) is 10.7. The molecule has 0 heterocycles. The minimum Gasteiger partial charge on any atom is -0.378 e. The lowest BCUT2D eigenvalue weighted by Crippen LogP contribution is -2.29. The number of aryl methyl sites for hydroxylation is 2. The van der Waals surface area contributed by atoms with E-state index in [1.807, 2.05) is 32.9 Å². The third-order valence-electron chi connectivity index (χ3n) is 7.31. The highest BCUT2D eigenvalue weighted by Gasteiger charge is 2.48. The molecular formula is C28H33F3O4S. The van der Waals surface area contributed by atoms with Crippen LogP contribution in [0.3, 0.4) is 0 Å². The highest BCUT2D eigenvalue weighted by Crippen LogP contribution is 2.41. The van der Waals surface area contributed by atoms with Gasteiger partial charge < -0.3 is 9.29 Å². The predicted molar refractivity (Wildman–Crippen MR) is 134 cm³/mol. The fourth-order valence-electron chi connectivity index (χ4n) is 4.99. The molecular weight excluding hydrogens is 489 g/mol. The number of aliphatic hydroxyl groups is 1. The fraction of sp³-hybridized carbons (Fsp3) is 0.500. The average molecular weight is 523 g/mol. The van der Waals surface area contributed by atoms with Gasteiger partial charge in [0, 0.05) is 11.0 Å². The predicted octanol–water partition coefficient (Wildman–Crippen LogP) is 6.68. The lowest BCUT2D eigenvalue weighted by molar-refractivity contribution is -0.0500. The average Bonchev–Trinajstić information content (AvgIpc) is 2.81. The van der Waals surface area contributed by atoms with Crippen LogP contribution in [-0.2, 0) is 15.5 Å². The summed E-state index contributed by atoms with van der Waals surface area (Å²) in [6, 6.07) is 10.6. The lowest BCUT2D eigenvalue weighted by atomic mass is 9.70. The van der Waals surface area contributed by atoms with Crippen LogP contribution in [0.4, 0.5) is 13.2 Å². The molecule has 0 unspecified atom stereocenters. The Morgan fingerprint density at radius 1 is 0.944 bits per heavy atom. The van der Waals surface area contributed by atoms with Crippen molar-refractivity contribution in [1.82, 2.24) is 0 Å². The Morgan fingerprint density at radius 3 is 2.00 bits per heavy atom. The molecule has 1 aliphatic carbocycles. The van der Waals surface area contributed by atoms with Gasteiger partial charge in [0.2, 0.25) is 0 Å². The number of benzene rings is 2. The second-order valence-electron chi connectivity index (χ2n) is 9.62. The maximum atomic E-state index is 12.8. The van der Waals surface area contributed by atoms with Crippen LogP contribution in [0.15, 0.2) is 36.4 Å². The molecule has 196 valence electrons. The summed E-state index contributed by atoms with van der Waals surface area (Å²) in [5.74, 6) is 5.89. The molecule has 2 aromatic rings. The molecule has 0 aliphatic heterocycles. The molecule has 1 N–H and O–H groups in total. The van der Waals surface area contributed by atoms with Crippen molar-refractivity contribution < 1.29 is 30.9 Å². The Balaban J connectivity index is 1.96. The van der Waals surface area contributed by atoms with E-state index in [9.17, 15) is 26.7 Å². The largest absolute Gasteiger partial charge is 0.534 e. The summed E-state index contributed by atoms with van der Waals surface area (Å²) < 4.78 is 65.6. The summed E-state index contributed by atoms with van der Waals surface area (Å²) in [5.41, 5.74) is -2.87. The van der Waals surface area contributed by atoms with Gasteiger partial charge in [0.15, 0.2) is 0 Å². The molecule has 0 amide bonds. The van der Waals surface area contributed by atoms with Gasteiger partial charge in [-0.25, -0.2) is 0 Å². The maximum absolute atomic E-state index is 12.8. The first kappa shape index (κ1) is 28.1. The van der Waals surface area contributed by atoms with E-state index >= 15 is 0 Å². The normalized spacial score (nSPS) is 16.2. The number of hydrogen-bond acceptors (Lipinski definition) is 4. The van der Waals surface area contributed by atoms with Gasteiger partial charge in [0.05, 0.1) is 0 Å². The maximum Gasteiger partial charge on any atom is 0.534 e. The van der Waals surface area contributed by atoms with Gasteiger partial charge in [-0.15, -0.1) is 0 Å². The van der Waals surface area contributed by atoms with E-state index < -0.39 is 26.6 Å². The van der Waals surface area contributed by atoms with Crippen molar-refractivity contribution in [3.05, 3.63) is 64.2 Å². The van der Waals surface area contributed by atoms with E-state index in [1.165, 1.54) is 13.0 Å². The van der Waals surface area contributed by atoms with Gasteiger partial charge in [-0.1, -0.05) is 56.4 Å². The van der Waals surface area contributed by atoms with Gasteiger partial charge in [-0.3, -0.25) is 0 Å². The summed E-state index contributed by atoms with van der Waals surface area (Å²) in [6.07, 6.45) is 5.89. The first-order valence-corrected chi connectivity index (χ1v) is 13.7. The van der Waals surface area contributed by atoms with Crippen molar-refractivity contribution in [1.29, 1.82) is 0 Å². The molecule has 0 atom stereocenters. The van der Waals surface area contributed by atoms with Crippen molar-refractivity contribution in [2.75, 3.05) is 0 Å². The zero-order valence-corrected chi connectivity index (χ0v) is 21.9. The van der Waals surface area contributed by atoms with Gasteiger partial charge >= 0.3 is 15.6 Å². The third kappa shape index (κ3) is 5.73. The summed E-state index contributed by atoms with van der Waals surface area (Å²) in [7, 11) is -5.74. The molecule has 0 spiro atoms. The Kier molecular flexibility index (Phi) is 8.17. The number of rotatable bonds is 6. The minimum absolute atomic E-state index is 0.298. The van der Waals surface area contributed by atoms with Gasteiger partial charge in [0.25, 0.3) is 0 Å². The van der Waals surface area contributed by atoms with E-state index in [2.05, 4.69) is 22.1 Å². The summed E-state index contributed by atoms with van der Waals surface area (Å²) >= 11 is 0. The topological polar surface area (TPSA) is 63.6 Å². The standard InChI is InChI=1S/C28H33F3O4S/c1-5-27(6-2,24-12-13-25(21(4)19-24)35-36(33,34)28(29,30)31)23-11-10-22(20(3)18-23)14-17-26(32)15-8-7-9-16-26/h10-13,18-19,32H,5-9,15-16H2,1-4H3. The van der Waals surface area contributed by atoms with Crippen molar-refractivity contribution in [3.63, 3.8) is 0 Å². The first-order chi connectivity index (χ1) is 16.8. The second kappa shape index (κ2) is 10.5. The van der Waals surface area contributed by atoms with E-state index in [-0.39, 0.29) is 5.75 Å². The highest BCUT2D eigenvalue weighted by molar-refractivity contribution is 7.88. The molecule has 2 aromatic carbocycles. The molecule has 4 nitrogen and oxygen atoms in total. The Labute approximate surface area is 212 Å². The third-order valence-corrected chi connectivity index (χ3v) is 8.27. The molecule has 1 aliphatic rings. The molecule has 0 bridgehead atoms. The summed E-state index contributed by atoms with van der Waals surface area (Å²) in [4.78, 5) is 0. The van der Waals surface area contributed by atoms with E-state index in [4.69, 9.17) is 0 Å². The quantitative estimate of drug-likeness (QED) is 0.261. The Hall–Kier alpha value is -2.50. The van der Waals surface area contributed by atoms with Crippen molar-refractivity contribution in [2.24, 2.45) is 0 Å². The molecule has 1 fully saturated rings. The smallest absolute Gasteiger partial charge is 0.378 e. The molecule has 3 rings (SSSR count). The van der Waals surface area contributed by atoms with Gasteiger partial charge in [-0.2, -0.15) is 21.6 Å². The van der Waals surface area contributed by atoms with Crippen LogP contribution in [0.5, 0.6) is 5.75 Å². The molecule has 0 saturated heterocycles. The van der Waals surface area contributed by atoms with E-state index in [0.29, 0.717) is 31.2 Å². The SMILES string of the molecule is CCC(CC)(c1ccc(C#CC2(O)CCCCC2)c(C)c1)c1ccc(OS(=O)(=O)C(F)(F)F)c(C)c1. The zero-order chi connectivity index (χ0) is 26.8. The zero-order valence-electron chi connectivity index (χ0n) is 21.1. The van der Waals surface area contributed by atoms with Gasteiger partial charge in [-0.05, 0) is 86.8 Å². The Bertz CT molecular complexity index is 1260. The fourth-order valence-corrected chi connectivity index (χ4v) is 5.50.